The molecule has 0 spiro atoms. The standard InChI is InChI=1S/C17H32N2O5/c1-5-24-14-10-8-12-17(2,19(4)16(22)23)11-7-6-9-13-18(3)15(20)21/h5H,1,6-14H2,2-4H3,(H,20,21)(H,22,23). The molecular weight excluding hydrogens is 312 g/mol. The third-order valence-corrected chi connectivity index (χ3v) is 4.48. The van der Waals surface area contributed by atoms with E-state index in [4.69, 9.17) is 9.84 Å². The van der Waals surface area contributed by atoms with Gasteiger partial charge in [0, 0.05) is 26.2 Å². The Morgan fingerprint density at radius 2 is 1.62 bits per heavy atom. The molecule has 0 fully saturated rings. The van der Waals surface area contributed by atoms with Gasteiger partial charge in [0.25, 0.3) is 0 Å². The van der Waals surface area contributed by atoms with Gasteiger partial charge in [0.05, 0.1) is 12.9 Å². The first-order chi connectivity index (χ1) is 11.2. The molecule has 1 unspecified atom stereocenters. The summed E-state index contributed by atoms with van der Waals surface area (Å²) < 4.78 is 5.09. The number of nitrogens with zero attached hydrogens (tertiary/aromatic N) is 2. The van der Waals surface area contributed by atoms with Crippen molar-refractivity contribution in [3.63, 3.8) is 0 Å². The van der Waals surface area contributed by atoms with Crippen LogP contribution in [-0.2, 0) is 4.74 Å². The summed E-state index contributed by atoms with van der Waals surface area (Å²) in [4.78, 5) is 24.7. The van der Waals surface area contributed by atoms with Crippen molar-refractivity contribution in [3.05, 3.63) is 12.8 Å². The van der Waals surface area contributed by atoms with Crippen LogP contribution in [0.1, 0.15) is 51.9 Å². The van der Waals surface area contributed by atoms with E-state index < -0.39 is 17.7 Å². The molecular formula is C17H32N2O5. The molecule has 0 bridgehead atoms. The Hall–Kier alpha value is -1.92. The minimum absolute atomic E-state index is 0.418. The molecule has 0 aromatic carbocycles. The van der Waals surface area contributed by atoms with E-state index in [1.165, 1.54) is 16.1 Å². The first-order valence-electron chi connectivity index (χ1n) is 8.38. The second kappa shape index (κ2) is 11.6. The summed E-state index contributed by atoms with van der Waals surface area (Å²) in [6.45, 7) is 6.56. The number of carboxylic acid groups (broad SMARTS) is 2. The Balaban J connectivity index is 4.32. The van der Waals surface area contributed by atoms with Crippen molar-refractivity contribution in [2.24, 2.45) is 0 Å². The highest BCUT2D eigenvalue weighted by molar-refractivity contribution is 5.65. The predicted octanol–water partition coefficient (Wildman–Crippen LogP) is 3.86. The lowest BCUT2D eigenvalue weighted by atomic mass is 9.87. The summed E-state index contributed by atoms with van der Waals surface area (Å²) in [5.41, 5.74) is -0.418. The molecule has 24 heavy (non-hydrogen) atoms. The topological polar surface area (TPSA) is 90.3 Å². The fourth-order valence-corrected chi connectivity index (χ4v) is 2.59. The molecule has 7 heteroatoms. The zero-order valence-corrected chi connectivity index (χ0v) is 15.2. The van der Waals surface area contributed by atoms with E-state index in [2.05, 4.69) is 6.58 Å². The lowest BCUT2D eigenvalue weighted by Crippen LogP contribution is -2.46. The number of amides is 2. The van der Waals surface area contributed by atoms with Crippen LogP contribution in [-0.4, -0.2) is 65.0 Å². The number of hydrogen-bond acceptors (Lipinski definition) is 3. The Morgan fingerprint density at radius 3 is 2.12 bits per heavy atom. The first kappa shape index (κ1) is 22.1. The van der Waals surface area contributed by atoms with Crippen LogP contribution in [0.5, 0.6) is 0 Å². The molecule has 1 atom stereocenters. The van der Waals surface area contributed by atoms with Crippen molar-refractivity contribution in [2.45, 2.75) is 57.4 Å². The molecule has 0 saturated carbocycles. The SMILES string of the molecule is C=COCCCCC(C)(CCCCCN(C)C(=O)O)N(C)C(=O)O. The molecule has 0 aliphatic carbocycles. The Morgan fingerprint density at radius 1 is 1.04 bits per heavy atom. The largest absolute Gasteiger partial charge is 0.502 e. The maximum Gasteiger partial charge on any atom is 0.407 e. The van der Waals surface area contributed by atoms with Crippen molar-refractivity contribution in [1.29, 1.82) is 0 Å². The maximum absolute atomic E-state index is 11.4. The van der Waals surface area contributed by atoms with E-state index in [0.717, 1.165) is 44.9 Å². The van der Waals surface area contributed by atoms with Crippen LogP contribution < -0.4 is 0 Å². The molecule has 0 aromatic rings. The Bertz CT molecular complexity index is 402. The molecule has 2 N–H and O–H groups in total. The highest BCUT2D eigenvalue weighted by Gasteiger charge is 2.31. The molecule has 7 nitrogen and oxygen atoms in total. The van der Waals surface area contributed by atoms with Crippen molar-refractivity contribution >= 4 is 12.2 Å². The van der Waals surface area contributed by atoms with Crippen LogP contribution in [0.25, 0.3) is 0 Å². The highest BCUT2D eigenvalue weighted by Crippen LogP contribution is 2.27. The van der Waals surface area contributed by atoms with E-state index in [1.807, 2.05) is 6.92 Å². The van der Waals surface area contributed by atoms with Gasteiger partial charge < -0.3 is 24.7 Å². The molecule has 0 saturated heterocycles. The third-order valence-electron chi connectivity index (χ3n) is 4.48. The molecule has 0 rings (SSSR count). The van der Waals surface area contributed by atoms with Gasteiger partial charge in [-0.1, -0.05) is 19.4 Å². The third kappa shape index (κ3) is 8.64. The minimum atomic E-state index is -0.926. The summed E-state index contributed by atoms with van der Waals surface area (Å²) >= 11 is 0. The number of ether oxygens (including phenoxy) is 1. The average molecular weight is 344 g/mol. The van der Waals surface area contributed by atoms with Crippen LogP contribution in [0.2, 0.25) is 0 Å². The lowest BCUT2D eigenvalue weighted by Gasteiger charge is -2.37. The molecule has 2 amide bonds. The molecule has 0 radical (unpaired) electrons. The normalized spacial score (nSPS) is 13.0. The molecule has 0 aliphatic heterocycles. The van der Waals surface area contributed by atoms with E-state index in [9.17, 15) is 14.7 Å². The van der Waals surface area contributed by atoms with Crippen LogP contribution in [0.15, 0.2) is 12.8 Å². The van der Waals surface area contributed by atoms with Gasteiger partial charge in [-0.25, -0.2) is 9.59 Å². The Labute approximate surface area is 144 Å². The summed E-state index contributed by atoms with van der Waals surface area (Å²) in [6, 6.07) is 0. The van der Waals surface area contributed by atoms with Crippen molar-refractivity contribution in [2.75, 3.05) is 27.2 Å². The number of carbonyl (C=O) groups is 2. The van der Waals surface area contributed by atoms with Crippen LogP contribution >= 0.6 is 0 Å². The van der Waals surface area contributed by atoms with Gasteiger partial charge in [0.2, 0.25) is 0 Å². The van der Waals surface area contributed by atoms with E-state index in [1.54, 1.807) is 14.1 Å². The average Bonchev–Trinajstić information content (AvgIpc) is 2.53. The van der Waals surface area contributed by atoms with Gasteiger partial charge in [0.15, 0.2) is 0 Å². The van der Waals surface area contributed by atoms with Gasteiger partial charge in [-0.2, -0.15) is 0 Å². The number of unbranched alkanes of at least 4 members (excludes halogenated alkanes) is 3. The molecule has 0 heterocycles. The van der Waals surface area contributed by atoms with Crippen LogP contribution in [0.4, 0.5) is 9.59 Å². The van der Waals surface area contributed by atoms with Gasteiger partial charge in [-0.3, -0.25) is 0 Å². The van der Waals surface area contributed by atoms with E-state index in [0.29, 0.717) is 13.2 Å². The van der Waals surface area contributed by atoms with Gasteiger partial charge in [-0.05, 0) is 39.0 Å². The lowest BCUT2D eigenvalue weighted by molar-refractivity contribution is 0.0867. The zero-order chi connectivity index (χ0) is 18.6. The smallest absolute Gasteiger partial charge is 0.407 e. The summed E-state index contributed by atoms with van der Waals surface area (Å²) in [5, 5.41) is 18.1. The van der Waals surface area contributed by atoms with Crippen LogP contribution in [0.3, 0.4) is 0 Å². The van der Waals surface area contributed by atoms with Crippen LogP contribution in [0, 0.1) is 0 Å². The number of hydrogen-bond donors (Lipinski definition) is 2. The quantitative estimate of drug-likeness (QED) is 0.391. The summed E-state index contributed by atoms with van der Waals surface area (Å²) in [7, 11) is 3.16. The van der Waals surface area contributed by atoms with Crippen molar-refractivity contribution in [1.82, 2.24) is 9.80 Å². The van der Waals surface area contributed by atoms with Crippen molar-refractivity contribution < 1.29 is 24.5 Å². The maximum atomic E-state index is 11.4. The predicted molar refractivity (Wildman–Crippen MR) is 93.3 cm³/mol. The fourth-order valence-electron chi connectivity index (χ4n) is 2.59. The molecule has 0 aromatic heterocycles. The minimum Gasteiger partial charge on any atom is -0.502 e. The fraction of sp³-hybridized carbons (Fsp3) is 0.765. The monoisotopic (exact) mass is 344 g/mol. The second-order valence-corrected chi connectivity index (χ2v) is 6.35. The first-order valence-corrected chi connectivity index (χ1v) is 8.38. The van der Waals surface area contributed by atoms with Gasteiger partial charge >= 0.3 is 12.2 Å². The summed E-state index contributed by atoms with van der Waals surface area (Å²) in [6.07, 6.45) is 5.35. The van der Waals surface area contributed by atoms with E-state index >= 15 is 0 Å². The number of rotatable bonds is 13. The second-order valence-electron chi connectivity index (χ2n) is 6.35. The molecule has 140 valence electrons. The Kier molecular flexibility index (Phi) is 10.7. The van der Waals surface area contributed by atoms with Gasteiger partial charge in [-0.15, -0.1) is 0 Å². The summed E-state index contributed by atoms with van der Waals surface area (Å²) in [5.74, 6) is 0. The zero-order valence-electron chi connectivity index (χ0n) is 15.2. The highest BCUT2D eigenvalue weighted by atomic mass is 16.5. The van der Waals surface area contributed by atoms with Crippen molar-refractivity contribution in [3.8, 4) is 0 Å². The molecule has 0 aliphatic rings. The van der Waals surface area contributed by atoms with E-state index in [-0.39, 0.29) is 0 Å². The van der Waals surface area contributed by atoms with Gasteiger partial charge in [0.1, 0.15) is 0 Å².